The smallest absolute Gasteiger partial charge is 0.217 e. The van der Waals surface area contributed by atoms with E-state index in [1.54, 1.807) is 0 Å². The van der Waals surface area contributed by atoms with Crippen LogP contribution < -0.4 is 0 Å². The number of aromatic nitrogens is 2. The van der Waals surface area contributed by atoms with Crippen molar-refractivity contribution >= 4 is 50.0 Å². The molecule has 0 radical (unpaired) electrons. The zero-order valence-corrected chi connectivity index (χ0v) is 10.3. The fourth-order valence-corrected chi connectivity index (χ4v) is 2.37. The van der Waals surface area contributed by atoms with Crippen molar-refractivity contribution in [2.45, 2.75) is 6.92 Å². The minimum absolute atomic E-state index is 0.170. The van der Waals surface area contributed by atoms with Gasteiger partial charge in [0.1, 0.15) is 5.15 Å². The van der Waals surface area contributed by atoms with Crippen LogP contribution in [-0.4, -0.2) is 9.97 Å². The number of rotatable bonds is 0. The van der Waals surface area contributed by atoms with Crippen molar-refractivity contribution in [2.24, 2.45) is 0 Å². The Bertz CT molecular complexity index is 514. The van der Waals surface area contributed by atoms with Crippen LogP contribution >= 0.6 is 39.1 Å². The third kappa shape index (κ3) is 1.60. The number of nitrogens with zero attached hydrogens (tertiary/aromatic N) is 2. The fraction of sp³-hybridized carbons (Fsp3) is 0.111. The number of hydrogen-bond acceptors (Lipinski definition) is 2. The molecule has 0 N–H and O–H groups in total. The van der Waals surface area contributed by atoms with Gasteiger partial charge in [0.2, 0.25) is 5.28 Å². The van der Waals surface area contributed by atoms with Gasteiger partial charge >= 0.3 is 0 Å². The van der Waals surface area contributed by atoms with Gasteiger partial charge in [0.05, 0.1) is 10.9 Å². The van der Waals surface area contributed by atoms with E-state index in [1.165, 1.54) is 0 Å². The largest absolute Gasteiger partial charge is 0.224 e. The van der Waals surface area contributed by atoms with E-state index >= 15 is 0 Å². The minimum atomic E-state index is 0.170. The Hall–Kier alpha value is -0.380. The lowest BCUT2D eigenvalue weighted by Gasteiger charge is -2.04. The molecule has 0 atom stereocenters. The molecule has 0 aliphatic rings. The number of benzene rings is 1. The van der Waals surface area contributed by atoms with Gasteiger partial charge < -0.3 is 0 Å². The van der Waals surface area contributed by atoms with Crippen LogP contribution in [0.15, 0.2) is 16.6 Å². The summed E-state index contributed by atoms with van der Waals surface area (Å²) < 4.78 is 0.875. The second-order valence-electron chi connectivity index (χ2n) is 2.87. The van der Waals surface area contributed by atoms with Crippen LogP contribution in [0.2, 0.25) is 10.4 Å². The summed E-state index contributed by atoms with van der Waals surface area (Å²) in [6, 6.07) is 3.87. The van der Waals surface area contributed by atoms with Crippen LogP contribution in [-0.2, 0) is 0 Å². The van der Waals surface area contributed by atoms with E-state index in [2.05, 4.69) is 25.9 Å². The first-order valence-electron chi connectivity index (χ1n) is 3.87. The summed E-state index contributed by atoms with van der Waals surface area (Å²) in [4.78, 5) is 8.03. The van der Waals surface area contributed by atoms with Gasteiger partial charge in [-0.3, -0.25) is 0 Å². The first-order chi connectivity index (χ1) is 6.59. The summed E-state index contributed by atoms with van der Waals surface area (Å²) in [5, 5.41) is 1.34. The first kappa shape index (κ1) is 10.1. The molecule has 0 aliphatic carbocycles. The molecule has 1 aromatic heterocycles. The number of aryl methyl sites for hydroxylation is 1. The molecule has 0 unspecified atom stereocenters. The van der Waals surface area contributed by atoms with Crippen molar-refractivity contribution in [3.05, 3.63) is 32.6 Å². The second-order valence-corrected chi connectivity index (χ2v) is 4.42. The van der Waals surface area contributed by atoms with E-state index in [-0.39, 0.29) is 5.28 Å². The Morgan fingerprint density at radius 3 is 2.64 bits per heavy atom. The second kappa shape index (κ2) is 3.65. The van der Waals surface area contributed by atoms with Crippen LogP contribution in [0.5, 0.6) is 0 Å². The number of halogens is 3. The third-order valence-corrected chi connectivity index (χ3v) is 3.03. The molecule has 14 heavy (non-hydrogen) atoms. The molecule has 0 spiro atoms. The van der Waals surface area contributed by atoms with E-state index in [1.807, 2.05) is 19.1 Å². The Balaban J connectivity index is 3.00. The van der Waals surface area contributed by atoms with E-state index in [9.17, 15) is 0 Å². The van der Waals surface area contributed by atoms with Crippen LogP contribution in [0.3, 0.4) is 0 Å². The van der Waals surface area contributed by atoms with Crippen molar-refractivity contribution in [1.29, 1.82) is 0 Å². The van der Waals surface area contributed by atoms with Crippen LogP contribution in [0.25, 0.3) is 10.9 Å². The highest BCUT2D eigenvalue weighted by molar-refractivity contribution is 9.10. The van der Waals surface area contributed by atoms with Crippen molar-refractivity contribution < 1.29 is 0 Å². The first-order valence-corrected chi connectivity index (χ1v) is 5.42. The van der Waals surface area contributed by atoms with Gasteiger partial charge in [0.25, 0.3) is 0 Å². The van der Waals surface area contributed by atoms with E-state index in [0.717, 1.165) is 20.9 Å². The summed E-state index contributed by atoms with van der Waals surface area (Å²) in [6.45, 7) is 1.95. The normalized spacial score (nSPS) is 10.9. The highest BCUT2D eigenvalue weighted by atomic mass is 79.9. The Morgan fingerprint density at radius 2 is 1.93 bits per heavy atom. The maximum Gasteiger partial charge on any atom is 0.224 e. The summed E-state index contributed by atoms with van der Waals surface area (Å²) in [5.74, 6) is 0. The summed E-state index contributed by atoms with van der Waals surface area (Å²) in [7, 11) is 0. The summed E-state index contributed by atoms with van der Waals surface area (Å²) in [6.07, 6.45) is 0. The zero-order chi connectivity index (χ0) is 10.3. The zero-order valence-electron chi connectivity index (χ0n) is 7.18. The predicted octanol–water partition coefficient (Wildman–Crippen LogP) is 4.01. The molecule has 5 heteroatoms. The van der Waals surface area contributed by atoms with Crippen LogP contribution in [0, 0.1) is 6.92 Å². The monoisotopic (exact) mass is 290 g/mol. The van der Waals surface area contributed by atoms with Crippen molar-refractivity contribution in [2.75, 3.05) is 0 Å². The molecule has 0 amide bonds. The van der Waals surface area contributed by atoms with Crippen molar-refractivity contribution in [3.8, 4) is 0 Å². The molecule has 2 nitrogen and oxygen atoms in total. The fourth-order valence-electron chi connectivity index (χ4n) is 1.27. The molecule has 2 aromatic rings. The van der Waals surface area contributed by atoms with E-state index in [0.29, 0.717) is 5.15 Å². The maximum atomic E-state index is 5.97. The van der Waals surface area contributed by atoms with Gasteiger partial charge in [-0.1, -0.05) is 17.7 Å². The Kier molecular flexibility index (Phi) is 2.64. The van der Waals surface area contributed by atoms with Gasteiger partial charge in [0.15, 0.2) is 0 Å². The van der Waals surface area contributed by atoms with E-state index < -0.39 is 0 Å². The molecule has 1 aromatic carbocycles. The molecule has 0 saturated carbocycles. The molecule has 0 saturated heterocycles. The molecular formula is C9H5BrCl2N2. The molecule has 0 bridgehead atoms. The lowest BCUT2D eigenvalue weighted by atomic mass is 10.1. The van der Waals surface area contributed by atoms with E-state index in [4.69, 9.17) is 23.2 Å². The molecule has 0 aliphatic heterocycles. The van der Waals surface area contributed by atoms with Gasteiger partial charge in [-0.25, -0.2) is 9.97 Å². The Labute approximate surface area is 99.4 Å². The van der Waals surface area contributed by atoms with Crippen LogP contribution in [0.4, 0.5) is 0 Å². The highest BCUT2D eigenvalue weighted by Crippen LogP contribution is 2.31. The average molecular weight is 292 g/mol. The van der Waals surface area contributed by atoms with Crippen molar-refractivity contribution in [1.82, 2.24) is 9.97 Å². The van der Waals surface area contributed by atoms with Crippen molar-refractivity contribution in [3.63, 3.8) is 0 Å². The molecule has 1 heterocycles. The third-order valence-electron chi connectivity index (χ3n) is 1.93. The molecular weight excluding hydrogens is 287 g/mol. The minimum Gasteiger partial charge on any atom is -0.217 e. The van der Waals surface area contributed by atoms with Gasteiger partial charge in [-0.05, 0) is 46.1 Å². The van der Waals surface area contributed by atoms with Gasteiger partial charge in [0, 0.05) is 4.47 Å². The molecule has 0 fully saturated rings. The lowest BCUT2D eigenvalue weighted by Crippen LogP contribution is -1.90. The summed E-state index contributed by atoms with van der Waals surface area (Å²) in [5.41, 5.74) is 1.80. The quantitative estimate of drug-likeness (QED) is 0.541. The van der Waals surface area contributed by atoms with Gasteiger partial charge in [-0.15, -0.1) is 0 Å². The maximum absolute atomic E-state index is 5.97. The number of fused-ring (bicyclic) bond motifs is 1. The average Bonchev–Trinajstić information content (AvgIpc) is 2.10. The lowest BCUT2D eigenvalue weighted by molar-refractivity contribution is 1.21. The number of hydrogen-bond donors (Lipinski definition) is 0. The Morgan fingerprint density at radius 1 is 1.21 bits per heavy atom. The standard InChI is InChI=1S/C9H5BrCl2N2/c1-4-2-3-5(10)6-7(4)13-9(12)14-8(6)11/h2-3H,1H3. The highest BCUT2D eigenvalue weighted by Gasteiger charge is 2.09. The van der Waals surface area contributed by atoms with Gasteiger partial charge in [-0.2, -0.15) is 0 Å². The SMILES string of the molecule is Cc1ccc(Br)c2c(Cl)nc(Cl)nc12. The topological polar surface area (TPSA) is 25.8 Å². The summed E-state index contributed by atoms with van der Waals surface area (Å²) >= 11 is 15.1. The molecule has 72 valence electrons. The predicted molar refractivity (Wildman–Crippen MR) is 62.0 cm³/mol. The molecule has 2 rings (SSSR count). The van der Waals surface area contributed by atoms with Crippen LogP contribution in [0.1, 0.15) is 5.56 Å².